The first-order valence-electron chi connectivity index (χ1n) is 6.72. The van der Waals surface area contributed by atoms with Crippen molar-refractivity contribution in [3.63, 3.8) is 0 Å². The molecule has 0 amide bonds. The van der Waals surface area contributed by atoms with Crippen molar-refractivity contribution in [3.05, 3.63) is 17.0 Å². The summed E-state index contributed by atoms with van der Waals surface area (Å²) >= 11 is 6.37. The third-order valence-electron chi connectivity index (χ3n) is 3.69. The molecule has 0 aliphatic heterocycles. The van der Waals surface area contributed by atoms with Crippen molar-refractivity contribution >= 4 is 11.6 Å². The molecule has 98 valence electrons. The van der Waals surface area contributed by atoms with Gasteiger partial charge in [-0.25, -0.2) is 0 Å². The van der Waals surface area contributed by atoms with Crippen LogP contribution in [0.15, 0.2) is 0 Å². The minimum Gasteiger partial charge on any atom is -0.269 e. The Morgan fingerprint density at radius 3 is 2.18 bits per heavy atom. The molecule has 0 aromatic carbocycles. The highest BCUT2D eigenvalue weighted by atomic mass is 35.5. The number of hydrogen-bond acceptors (Lipinski definition) is 1. The largest absolute Gasteiger partial charge is 0.269 e. The molecule has 3 heteroatoms. The maximum atomic E-state index is 6.37. The zero-order chi connectivity index (χ0) is 13.0. The molecule has 1 heterocycles. The van der Waals surface area contributed by atoms with Gasteiger partial charge < -0.3 is 0 Å². The van der Waals surface area contributed by atoms with Gasteiger partial charge in [-0.1, -0.05) is 33.6 Å². The number of aromatic nitrogens is 2. The molecule has 0 aliphatic rings. The van der Waals surface area contributed by atoms with Crippen LogP contribution in [0, 0.1) is 19.8 Å². The quantitative estimate of drug-likeness (QED) is 0.679. The Bertz CT molecular complexity index is 353. The molecule has 1 aromatic rings. The molecular weight excluding hydrogens is 232 g/mol. The van der Waals surface area contributed by atoms with Crippen LogP contribution in [0.3, 0.4) is 0 Å². The minimum atomic E-state index is 0.102. The second kappa shape index (κ2) is 6.44. The first-order valence-corrected chi connectivity index (χ1v) is 7.16. The van der Waals surface area contributed by atoms with Gasteiger partial charge in [0, 0.05) is 17.8 Å². The van der Waals surface area contributed by atoms with Gasteiger partial charge in [0.1, 0.15) is 0 Å². The molecule has 2 nitrogen and oxygen atoms in total. The van der Waals surface area contributed by atoms with Gasteiger partial charge in [0.2, 0.25) is 0 Å². The summed E-state index contributed by atoms with van der Waals surface area (Å²) in [7, 11) is 0. The van der Waals surface area contributed by atoms with Gasteiger partial charge >= 0.3 is 0 Å². The average molecular weight is 257 g/mol. The summed E-state index contributed by atoms with van der Waals surface area (Å²) in [4.78, 5) is 0. The zero-order valence-corrected chi connectivity index (χ0v) is 12.5. The molecule has 0 bridgehead atoms. The molecule has 0 spiro atoms. The summed E-state index contributed by atoms with van der Waals surface area (Å²) in [6.07, 6.45) is 3.38. The standard InChI is InChI=1S/C14H25ClN2/c1-6-12(7-2)9-17-11(5)14(10(4)16-17)13(15)8-3/h12-13H,6-9H2,1-5H3. The van der Waals surface area contributed by atoms with Gasteiger partial charge in [-0.3, -0.25) is 4.68 Å². The van der Waals surface area contributed by atoms with E-state index in [1.54, 1.807) is 0 Å². The summed E-state index contributed by atoms with van der Waals surface area (Å²) in [5, 5.41) is 4.75. The van der Waals surface area contributed by atoms with Crippen LogP contribution in [0.2, 0.25) is 0 Å². The van der Waals surface area contributed by atoms with Crippen molar-refractivity contribution in [2.75, 3.05) is 0 Å². The molecule has 1 unspecified atom stereocenters. The van der Waals surface area contributed by atoms with Crippen molar-refractivity contribution in [2.24, 2.45) is 5.92 Å². The van der Waals surface area contributed by atoms with Crippen molar-refractivity contribution in [1.82, 2.24) is 9.78 Å². The lowest BCUT2D eigenvalue weighted by atomic mass is 10.0. The lowest BCUT2D eigenvalue weighted by Gasteiger charge is -2.14. The fourth-order valence-corrected chi connectivity index (χ4v) is 2.65. The van der Waals surface area contributed by atoms with Crippen LogP contribution >= 0.6 is 11.6 Å². The highest BCUT2D eigenvalue weighted by Gasteiger charge is 2.18. The normalized spacial score (nSPS) is 13.4. The first kappa shape index (κ1) is 14.6. The molecule has 1 atom stereocenters. The predicted octanol–water partition coefficient (Wildman–Crippen LogP) is 4.63. The van der Waals surface area contributed by atoms with E-state index in [4.69, 9.17) is 11.6 Å². The van der Waals surface area contributed by atoms with E-state index in [0.29, 0.717) is 0 Å². The maximum Gasteiger partial charge on any atom is 0.0643 e. The van der Waals surface area contributed by atoms with Gasteiger partial charge in [-0.2, -0.15) is 5.10 Å². The van der Waals surface area contributed by atoms with Crippen molar-refractivity contribution in [3.8, 4) is 0 Å². The monoisotopic (exact) mass is 256 g/mol. The molecule has 0 aliphatic carbocycles. The third kappa shape index (κ3) is 3.25. The predicted molar refractivity (Wildman–Crippen MR) is 74.7 cm³/mol. The fraction of sp³-hybridized carbons (Fsp3) is 0.786. The smallest absolute Gasteiger partial charge is 0.0643 e. The third-order valence-corrected chi connectivity index (χ3v) is 4.22. The van der Waals surface area contributed by atoms with E-state index in [2.05, 4.69) is 44.4 Å². The summed E-state index contributed by atoms with van der Waals surface area (Å²) in [6.45, 7) is 11.8. The van der Waals surface area contributed by atoms with Crippen molar-refractivity contribution in [1.29, 1.82) is 0 Å². The van der Waals surface area contributed by atoms with Crippen LogP contribution in [0.4, 0.5) is 0 Å². The number of halogens is 1. The van der Waals surface area contributed by atoms with E-state index in [1.165, 1.54) is 24.1 Å². The Kier molecular flexibility index (Phi) is 5.51. The van der Waals surface area contributed by atoms with Crippen LogP contribution < -0.4 is 0 Å². The molecule has 1 rings (SSSR count). The first-order chi connectivity index (χ1) is 8.04. The van der Waals surface area contributed by atoms with Crippen molar-refractivity contribution < 1.29 is 0 Å². The van der Waals surface area contributed by atoms with Gasteiger partial charge in [0.25, 0.3) is 0 Å². The lowest BCUT2D eigenvalue weighted by molar-refractivity contribution is 0.390. The van der Waals surface area contributed by atoms with Crippen molar-refractivity contribution in [2.45, 2.75) is 65.8 Å². The van der Waals surface area contributed by atoms with Crippen LogP contribution in [-0.4, -0.2) is 9.78 Å². The molecular formula is C14H25ClN2. The van der Waals surface area contributed by atoms with E-state index in [1.807, 2.05) is 0 Å². The van der Waals surface area contributed by atoms with E-state index < -0.39 is 0 Å². The molecule has 0 radical (unpaired) electrons. The second-order valence-electron chi connectivity index (χ2n) is 4.82. The summed E-state index contributed by atoms with van der Waals surface area (Å²) in [5.74, 6) is 0.719. The Labute approximate surface area is 110 Å². The molecule has 17 heavy (non-hydrogen) atoms. The zero-order valence-electron chi connectivity index (χ0n) is 11.8. The van der Waals surface area contributed by atoms with Crippen LogP contribution in [0.5, 0.6) is 0 Å². The minimum absolute atomic E-state index is 0.102. The van der Waals surface area contributed by atoms with Crippen LogP contribution in [0.25, 0.3) is 0 Å². The number of rotatable bonds is 6. The Hall–Kier alpha value is -0.500. The number of alkyl halides is 1. The fourth-order valence-electron chi connectivity index (χ4n) is 2.34. The highest BCUT2D eigenvalue weighted by Crippen LogP contribution is 2.30. The van der Waals surface area contributed by atoms with E-state index in [-0.39, 0.29) is 5.38 Å². The van der Waals surface area contributed by atoms with Gasteiger partial charge in [0.15, 0.2) is 0 Å². The summed E-state index contributed by atoms with van der Waals surface area (Å²) in [6, 6.07) is 0. The summed E-state index contributed by atoms with van der Waals surface area (Å²) in [5.41, 5.74) is 3.58. The molecule has 0 saturated carbocycles. The highest BCUT2D eigenvalue weighted by molar-refractivity contribution is 6.20. The Balaban J connectivity index is 2.95. The van der Waals surface area contributed by atoms with Gasteiger partial charge in [-0.05, 0) is 26.2 Å². The SMILES string of the molecule is CCC(CC)Cn1nc(C)c(C(Cl)CC)c1C. The second-order valence-corrected chi connectivity index (χ2v) is 5.35. The lowest BCUT2D eigenvalue weighted by Crippen LogP contribution is -2.12. The van der Waals surface area contributed by atoms with E-state index in [9.17, 15) is 0 Å². The van der Waals surface area contributed by atoms with Crippen LogP contribution in [-0.2, 0) is 6.54 Å². The van der Waals surface area contributed by atoms with E-state index >= 15 is 0 Å². The maximum absolute atomic E-state index is 6.37. The number of hydrogen-bond donors (Lipinski definition) is 0. The van der Waals surface area contributed by atoms with Gasteiger partial charge in [-0.15, -0.1) is 11.6 Å². The summed E-state index contributed by atoms with van der Waals surface area (Å²) < 4.78 is 2.15. The number of nitrogens with zero attached hydrogens (tertiary/aromatic N) is 2. The van der Waals surface area contributed by atoms with E-state index in [0.717, 1.165) is 24.6 Å². The van der Waals surface area contributed by atoms with Crippen LogP contribution in [0.1, 0.15) is 62.4 Å². The van der Waals surface area contributed by atoms with Gasteiger partial charge in [0.05, 0.1) is 11.1 Å². The molecule has 0 N–H and O–H groups in total. The Morgan fingerprint density at radius 2 is 1.71 bits per heavy atom. The topological polar surface area (TPSA) is 17.8 Å². The molecule has 0 saturated heterocycles. The Morgan fingerprint density at radius 1 is 1.12 bits per heavy atom. The molecule has 0 fully saturated rings. The number of aryl methyl sites for hydroxylation is 1. The average Bonchev–Trinajstić information content (AvgIpc) is 2.60. The molecule has 1 aromatic heterocycles.